The Morgan fingerprint density at radius 1 is 1.29 bits per heavy atom. The molecule has 0 aliphatic carbocycles. The second-order valence-corrected chi connectivity index (χ2v) is 6.02. The van der Waals surface area contributed by atoms with Crippen molar-refractivity contribution < 1.29 is 9.59 Å². The van der Waals surface area contributed by atoms with Gasteiger partial charge in [0.15, 0.2) is 0 Å². The molecule has 4 heteroatoms. The Morgan fingerprint density at radius 3 is 2.29 bits per heavy atom. The zero-order valence-electron chi connectivity index (χ0n) is 11.7. The molecule has 4 nitrogen and oxygen atoms in total. The molecule has 2 amide bonds. The lowest BCUT2D eigenvalue weighted by molar-refractivity contribution is -0.150. The highest BCUT2D eigenvalue weighted by Crippen LogP contribution is 2.28. The summed E-state index contributed by atoms with van der Waals surface area (Å²) in [5.74, 6) is 0.422. The zero-order chi connectivity index (χ0) is 13.4. The molecule has 0 bridgehead atoms. The molecule has 17 heavy (non-hydrogen) atoms. The van der Waals surface area contributed by atoms with Crippen molar-refractivity contribution in [2.45, 2.75) is 53.6 Å². The van der Waals surface area contributed by atoms with Crippen molar-refractivity contribution in [3.05, 3.63) is 0 Å². The fraction of sp³-hybridized carbons (Fsp3) is 0.846. The van der Waals surface area contributed by atoms with Gasteiger partial charge >= 0.3 is 0 Å². The van der Waals surface area contributed by atoms with Crippen LogP contribution in [0.1, 0.15) is 41.5 Å². The highest BCUT2D eigenvalue weighted by atomic mass is 16.2. The van der Waals surface area contributed by atoms with E-state index < -0.39 is 6.04 Å². The van der Waals surface area contributed by atoms with Crippen molar-refractivity contribution >= 4 is 11.8 Å². The van der Waals surface area contributed by atoms with E-state index in [1.54, 1.807) is 18.7 Å². The quantitative estimate of drug-likeness (QED) is 0.810. The molecule has 1 aliphatic heterocycles. The van der Waals surface area contributed by atoms with Crippen LogP contribution in [0.25, 0.3) is 0 Å². The smallest absolute Gasteiger partial charge is 0.245 e. The zero-order valence-corrected chi connectivity index (χ0v) is 11.7. The number of rotatable bonds is 3. The molecule has 2 atom stereocenters. The summed E-state index contributed by atoms with van der Waals surface area (Å²) in [4.78, 5) is 25.5. The number of nitrogens with zero attached hydrogens (tertiary/aromatic N) is 1. The summed E-state index contributed by atoms with van der Waals surface area (Å²) in [6.45, 7) is 12.7. The molecule has 0 saturated carbocycles. The largest absolute Gasteiger partial charge is 0.343 e. The van der Waals surface area contributed by atoms with Crippen LogP contribution in [0.3, 0.4) is 0 Å². The van der Waals surface area contributed by atoms with Crippen LogP contribution in [-0.4, -0.2) is 35.3 Å². The van der Waals surface area contributed by atoms with Crippen LogP contribution in [0.5, 0.6) is 0 Å². The normalized spacial score (nSPS) is 26.4. The van der Waals surface area contributed by atoms with Crippen molar-refractivity contribution in [2.24, 2.45) is 11.3 Å². The van der Waals surface area contributed by atoms with E-state index in [0.717, 1.165) is 0 Å². The molecule has 98 valence electrons. The number of nitrogens with one attached hydrogen (secondary N) is 1. The Balaban J connectivity index is 2.87. The van der Waals surface area contributed by atoms with Gasteiger partial charge in [0.25, 0.3) is 0 Å². The van der Waals surface area contributed by atoms with Crippen LogP contribution >= 0.6 is 0 Å². The molecule has 0 aromatic carbocycles. The Morgan fingerprint density at radius 2 is 1.82 bits per heavy atom. The molecule has 1 rings (SSSR count). The van der Waals surface area contributed by atoms with E-state index in [4.69, 9.17) is 0 Å². The molecule has 0 aromatic heterocycles. The topological polar surface area (TPSA) is 49.4 Å². The minimum absolute atomic E-state index is 0.0151. The van der Waals surface area contributed by atoms with E-state index in [2.05, 4.69) is 33.0 Å². The summed E-state index contributed by atoms with van der Waals surface area (Å²) in [6.07, 6.45) is 0. The van der Waals surface area contributed by atoms with Crippen molar-refractivity contribution in [1.82, 2.24) is 10.2 Å². The van der Waals surface area contributed by atoms with Crippen LogP contribution < -0.4 is 5.32 Å². The van der Waals surface area contributed by atoms with Gasteiger partial charge in [-0.05, 0) is 25.2 Å². The van der Waals surface area contributed by atoms with Gasteiger partial charge in [-0.3, -0.25) is 9.59 Å². The molecule has 0 radical (unpaired) electrons. The predicted octanol–water partition coefficient (Wildman–Crippen LogP) is 1.40. The molecular weight excluding hydrogens is 216 g/mol. The number of piperazine rings is 1. The molecule has 2 unspecified atom stereocenters. The molecule has 0 aromatic rings. The van der Waals surface area contributed by atoms with Gasteiger partial charge in [-0.2, -0.15) is 0 Å². The van der Waals surface area contributed by atoms with Crippen LogP contribution in [0.4, 0.5) is 0 Å². The van der Waals surface area contributed by atoms with Gasteiger partial charge in [0.05, 0.1) is 0 Å². The molecule has 0 spiro atoms. The standard InChI is InChI=1S/C13H24N2O2/c1-8(2)13(5,6)7-15-10(4)11(16)14-9(3)12(15)17/h8-10H,7H2,1-6H3,(H,14,16). The van der Waals surface area contributed by atoms with E-state index in [1.165, 1.54) is 0 Å². The first-order valence-electron chi connectivity index (χ1n) is 6.27. The summed E-state index contributed by atoms with van der Waals surface area (Å²) in [7, 11) is 0. The summed E-state index contributed by atoms with van der Waals surface area (Å²) in [6, 6.07) is -0.765. The monoisotopic (exact) mass is 240 g/mol. The fourth-order valence-electron chi connectivity index (χ4n) is 1.81. The summed E-state index contributed by atoms with van der Waals surface area (Å²) >= 11 is 0. The van der Waals surface area contributed by atoms with Crippen LogP contribution in [0.2, 0.25) is 0 Å². The number of hydrogen-bond acceptors (Lipinski definition) is 2. The number of hydrogen-bond donors (Lipinski definition) is 1. The average molecular weight is 240 g/mol. The highest BCUT2D eigenvalue weighted by molar-refractivity contribution is 5.96. The maximum atomic E-state index is 12.1. The first-order valence-corrected chi connectivity index (χ1v) is 6.27. The van der Waals surface area contributed by atoms with E-state index in [9.17, 15) is 9.59 Å². The van der Waals surface area contributed by atoms with E-state index in [1.807, 2.05) is 0 Å². The number of amides is 2. The molecule has 1 fully saturated rings. The summed E-state index contributed by atoms with van der Waals surface area (Å²) in [5, 5.41) is 2.69. The number of carbonyl (C=O) groups is 2. The fourth-order valence-corrected chi connectivity index (χ4v) is 1.81. The lowest BCUT2D eigenvalue weighted by atomic mass is 9.80. The first kappa shape index (κ1) is 14.0. The van der Waals surface area contributed by atoms with Crippen molar-refractivity contribution in [3.63, 3.8) is 0 Å². The summed E-state index contributed by atoms with van der Waals surface area (Å²) in [5.41, 5.74) is 0.0151. The van der Waals surface area contributed by atoms with Crippen molar-refractivity contribution in [1.29, 1.82) is 0 Å². The van der Waals surface area contributed by atoms with E-state index in [0.29, 0.717) is 12.5 Å². The molecule has 1 heterocycles. The Labute approximate surface area is 104 Å². The lowest BCUT2D eigenvalue weighted by Crippen LogP contribution is -2.63. The number of carbonyl (C=O) groups excluding carboxylic acids is 2. The van der Waals surface area contributed by atoms with E-state index in [-0.39, 0.29) is 23.3 Å². The molecule has 1 N–H and O–H groups in total. The highest BCUT2D eigenvalue weighted by Gasteiger charge is 2.39. The second-order valence-electron chi connectivity index (χ2n) is 6.02. The molecule has 1 aliphatic rings. The first-order chi connectivity index (χ1) is 7.66. The van der Waals surface area contributed by atoms with Crippen molar-refractivity contribution in [3.8, 4) is 0 Å². The maximum absolute atomic E-state index is 12.1. The van der Waals surface area contributed by atoms with Gasteiger partial charge in [0, 0.05) is 6.54 Å². The van der Waals surface area contributed by atoms with Gasteiger partial charge in [0.1, 0.15) is 12.1 Å². The van der Waals surface area contributed by atoms with Crippen molar-refractivity contribution in [2.75, 3.05) is 6.54 Å². The lowest BCUT2D eigenvalue weighted by Gasteiger charge is -2.42. The third-order valence-corrected chi connectivity index (χ3v) is 4.00. The predicted molar refractivity (Wildman–Crippen MR) is 67.4 cm³/mol. The second kappa shape index (κ2) is 4.67. The van der Waals surface area contributed by atoms with Crippen LogP contribution in [0, 0.1) is 11.3 Å². The van der Waals surface area contributed by atoms with Gasteiger partial charge in [-0.15, -0.1) is 0 Å². The van der Waals surface area contributed by atoms with Gasteiger partial charge < -0.3 is 10.2 Å². The Kier molecular flexibility index (Phi) is 3.84. The minimum Gasteiger partial charge on any atom is -0.343 e. The Hall–Kier alpha value is -1.06. The van der Waals surface area contributed by atoms with Gasteiger partial charge in [-0.25, -0.2) is 0 Å². The third-order valence-electron chi connectivity index (χ3n) is 4.00. The van der Waals surface area contributed by atoms with E-state index >= 15 is 0 Å². The van der Waals surface area contributed by atoms with Gasteiger partial charge in [-0.1, -0.05) is 27.7 Å². The average Bonchev–Trinajstić information content (AvgIpc) is 2.21. The molecular formula is C13H24N2O2. The Bertz CT molecular complexity index is 323. The van der Waals surface area contributed by atoms with Gasteiger partial charge in [0.2, 0.25) is 11.8 Å². The summed E-state index contributed by atoms with van der Waals surface area (Å²) < 4.78 is 0. The van der Waals surface area contributed by atoms with Crippen LogP contribution in [-0.2, 0) is 9.59 Å². The SMILES string of the molecule is CC1NC(=O)C(C)N(CC(C)(C)C(C)C)C1=O. The molecule has 1 saturated heterocycles. The third kappa shape index (κ3) is 2.79. The maximum Gasteiger partial charge on any atom is 0.245 e. The van der Waals surface area contributed by atoms with Crippen LogP contribution in [0.15, 0.2) is 0 Å². The minimum atomic E-state index is -0.401.